The minimum absolute atomic E-state index is 0.0411. The highest BCUT2D eigenvalue weighted by molar-refractivity contribution is 5.95. The predicted octanol–water partition coefficient (Wildman–Crippen LogP) is 2.59. The van der Waals surface area contributed by atoms with Crippen LogP contribution in [-0.2, 0) is 11.2 Å². The molecule has 0 spiro atoms. The molecular formula is C19H20N2O6. The predicted molar refractivity (Wildman–Crippen MR) is 98.0 cm³/mol. The number of aryl methyl sites for hydroxylation is 1. The Labute approximate surface area is 155 Å². The summed E-state index contributed by atoms with van der Waals surface area (Å²) in [7, 11) is 1.30. The second-order valence-corrected chi connectivity index (χ2v) is 6.08. The number of nitro groups is 1. The van der Waals surface area contributed by atoms with Gasteiger partial charge >= 0.3 is 11.7 Å². The van der Waals surface area contributed by atoms with Crippen LogP contribution in [0.2, 0.25) is 0 Å². The summed E-state index contributed by atoms with van der Waals surface area (Å²) < 4.78 is 4.90. The molecule has 1 atom stereocenters. The molecule has 2 aromatic carbocycles. The van der Waals surface area contributed by atoms with Gasteiger partial charge in [0.1, 0.15) is 0 Å². The number of hydrogen-bond acceptors (Lipinski definition) is 5. The van der Waals surface area contributed by atoms with Gasteiger partial charge in [-0.2, -0.15) is 0 Å². The molecule has 2 aromatic rings. The average Bonchev–Trinajstić information content (AvgIpc) is 2.64. The topological polar surface area (TPSA) is 119 Å². The number of amides is 1. The summed E-state index contributed by atoms with van der Waals surface area (Å²) in [6.07, 6.45) is 0.264. The molecule has 1 amide bonds. The molecule has 0 aromatic heterocycles. The Morgan fingerprint density at radius 3 is 2.59 bits per heavy atom. The highest BCUT2D eigenvalue weighted by Gasteiger charge is 2.21. The van der Waals surface area contributed by atoms with E-state index in [1.807, 2.05) is 31.2 Å². The second-order valence-electron chi connectivity index (χ2n) is 6.08. The molecule has 8 nitrogen and oxygen atoms in total. The van der Waals surface area contributed by atoms with E-state index in [9.17, 15) is 24.8 Å². The Balaban J connectivity index is 2.08. The zero-order valence-corrected chi connectivity index (χ0v) is 15.0. The summed E-state index contributed by atoms with van der Waals surface area (Å²) in [4.78, 5) is 34.2. The van der Waals surface area contributed by atoms with E-state index in [1.54, 1.807) is 0 Å². The van der Waals surface area contributed by atoms with E-state index in [1.165, 1.54) is 19.2 Å². The first kappa shape index (κ1) is 19.9. The number of rotatable bonds is 8. The fourth-order valence-corrected chi connectivity index (χ4v) is 2.66. The third-order valence-corrected chi connectivity index (χ3v) is 4.06. The molecule has 2 N–H and O–H groups in total. The third-order valence-electron chi connectivity index (χ3n) is 4.06. The number of nitrogens with zero attached hydrogens (tertiary/aromatic N) is 1. The van der Waals surface area contributed by atoms with Gasteiger partial charge in [-0.1, -0.05) is 29.8 Å². The normalized spacial score (nSPS) is 11.5. The Hall–Kier alpha value is -3.42. The minimum Gasteiger partial charge on any atom is -0.490 e. The number of aliphatic carboxylic acids is 1. The zero-order valence-electron chi connectivity index (χ0n) is 15.0. The van der Waals surface area contributed by atoms with Gasteiger partial charge in [0.25, 0.3) is 5.91 Å². The number of hydrogen-bond donors (Lipinski definition) is 2. The number of carbonyl (C=O) groups excluding carboxylic acids is 1. The van der Waals surface area contributed by atoms with Gasteiger partial charge in [-0.05, 0) is 31.0 Å². The fourth-order valence-electron chi connectivity index (χ4n) is 2.66. The van der Waals surface area contributed by atoms with Gasteiger partial charge in [0.05, 0.1) is 18.0 Å². The van der Waals surface area contributed by atoms with Gasteiger partial charge in [-0.3, -0.25) is 19.7 Å². The Morgan fingerprint density at radius 2 is 2.00 bits per heavy atom. The van der Waals surface area contributed by atoms with Gasteiger partial charge in [-0.25, -0.2) is 0 Å². The van der Waals surface area contributed by atoms with Crippen LogP contribution in [0.25, 0.3) is 0 Å². The minimum atomic E-state index is -1.03. The van der Waals surface area contributed by atoms with Crippen molar-refractivity contribution < 1.29 is 24.4 Å². The van der Waals surface area contributed by atoms with Crippen LogP contribution in [-0.4, -0.2) is 35.6 Å². The molecule has 8 heteroatoms. The summed E-state index contributed by atoms with van der Waals surface area (Å²) in [5.41, 5.74) is 1.60. The van der Waals surface area contributed by atoms with Crippen molar-refractivity contribution in [2.24, 2.45) is 5.92 Å². The van der Waals surface area contributed by atoms with E-state index >= 15 is 0 Å². The van der Waals surface area contributed by atoms with E-state index in [4.69, 9.17) is 4.74 Å². The van der Waals surface area contributed by atoms with Crippen LogP contribution in [0.3, 0.4) is 0 Å². The van der Waals surface area contributed by atoms with Crippen molar-refractivity contribution in [1.29, 1.82) is 0 Å². The van der Waals surface area contributed by atoms with Gasteiger partial charge in [0, 0.05) is 18.2 Å². The van der Waals surface area contributed by atoms with Crippen LogP contribution < -0.4 is 10.1 Å². The first-order valence-electron chi connectivity index (χ1n) is 8.20. The van der Waals surface area contributed by atoms with Gasteiger partial charge in [-0.15, -0.1) is 0 Å². The smallest absolute Gasteiger partial charge is 0.311 e. The maximum Gasteiger partial charge on any atom is 0.311 e. The summed E-state index contributed by atoms with van der Waals surface area (Å²) in [6, 6.07) is 11.3. The van der Waals surface area contributed by atoms with Crippen molar-refractivity contribution >= 4 is 17.6 Å². The molecule has 27 heavy (non-hydrogen) atoms. The van der Waals surface area contributed by atoms with Crippen LogP contribution in [0, 0.1) is 23.0 Å². The van der Waals surface area contributed by atoms with Crippen molar-refractivity contribution in [3.05, 3.63) is 69.3 Å². The fraction of sp³-hybridized carbons (Fsp3) is 0.263. The van der Waals surface area contributed by atoms with Crippen LogP contribution in [0.1, 0.15) is 21.5 Å². The number of nitro benzene ring substituents is 1. The molecule has 142 valence electrons. The molecule has 0 fully saturated rings. The monoisotopic (exact) mass is 372 g/mol. The summed E-state index contributed by atoms with van der Waals surface area (Å²) in [6.45, 7) is 1.82. The molecule has 2 rings (SSSR count). The first-order chi connectivity index (χ1) is 12.8. The van der Waals surface area contributed by atoms with Crippen LogP contribution >= 0.6 is 0 Å². The summed E-state index contributed by atoms with van der Waals surface area (Å²) >= 11 is 0. The highest BCUT2D eigenvalue weighted by Crippen LogP contribution is 2.27. The molecule has 0 aliphatic carbocycles. The molecule has 0 bridgehead atoms. The molecular weight excluding hydrogens is 352 g/mol. The van der Waals surface area contributed by atoms with Gasteiger partial charge in [0.15, 0.2) is 5.75 Å². The van der Waals surface area contributed by atoms with Crippen molar-refractivity contribution in [3.8, 4) is 5.75 Å². The Kier molecular flexibility index (Phi) is 6.48. The van der Waals surface area contributed by atoms with Gasteiger partial charge < -0.3 is 15.2 Å². The van der Waals surface area contributed by atoms with Gasteiger partial charge in [0.2, 0.25) is 0 Å². The second kappa shape index (κ2) is 8.79. The van der Waals surface area contributed by atoms with E-state index in [0.717, 1.165) is 17.2 Å². The maximum absolute atomic E-state index is 12.3. The average molecular weight is 372 g/mol. The molecule has 0 heterocycles. The lowest BCUT2D eigenvalue weighted by Gasteiger charge is -2.14. The van der Waals surface area contributed by atoms with E-state index in [0.29, 0.717) is 0 Å². The number of carboxylic acids is 1. The molecule has 0 saturated carbocycles. The number of carbonyl (C=O) groups is 2. The van der Waals surface area contributed by atoms with Crippen LogP contribution in [0.15, 0.2) is 42.5 Å². The summed E-state index contributed by atoms with van der Waals surface area (Å²) in [5.74, 6) is -2.39. The SMILES string of the molecule is COc1ccc(C(=O)NCC(Cc2cccc(C)c2)C(=O)O)cc1[N+](=O)[O-]. The highest BCUT2D eigenvalue weighted by atomic mass is 16.6. The Bertz CT molecular complexity index is 865. The molecule has 0 aliphatic rings. The van der Waals surface area contributed by atoms with E-state index < -0.39 is 22.7 Å². The van der Waals surface area contributed by atoms with Crippen molar-refractivity contribution in [1.82, 2.24) is 5.32 Å². The quantitative estimate of drug-likeness (QED) is 0.543. The standard InChI is InChI=1S/C19H20N2O6/c1-12-4-3-5-13(8-12)9-15(19(23)24)11-20-18(22)14-6-7-17(27-2)16(10-14)21(25)26/h3-8,10,15H,9,11H2,1-2H3,(H,20,22)(H,23,24). The largest absolute Gasteiger partial charge is 0.490 e. The number of carboxylic acid groups (broad SMARTS) is 1. The lowest BCUT2D eigenvalue weighted by Crippen LogP contribution is -2.34. The lowest BCUT2D eigenvalue weighted by molar-refractivity contribution is -0.385. The van der Waals surface area contributed by atoms with Crippen molar-refractivity contribution in [3.63, 3.8) is 0 Å². The van der Waals surface area contributed by atoms with Crippen LogP contribution in [0.5, 0.6) is 5.75 Å². The number of methoxy groups -OCH3 is 1. The van der Waals surface area contributed by atoms with Crippen molar-refractivity contribution in [2.45, 2.75) is 13.3 Å². The number of benzene rings is 2. The van der Waals surface area contributed by atoms with Crippen LogP contribution in [0.4, 0.5) is 5.69 Å². The van der Waals surface area contributed by atoms with Crippen molar-refractivity contribution in [2.75, 3.05) is 13.7 Å². The third kappa shape index (κ3) is 5.27. The first-order valence-corrected chi connectivity index (χ1v) is 8.20. The molecule has 0 aliphatic heterocycles. The zero-order chi connectivity index (χ0) is 20.0. The molecule has 1 unspecified atom stereocenters. The number of nitrogens with one attached hydrogen (secondary N) is 1. The number of ether oxygens (including phenoxy) is 1. The van der Waals surface area contributed by atoms with E-state index in [2.05, 4.69) is 5.32 Å². The molecule has 0 saturated heterocycles. The lowest BCUT2D eigenvalue weighted by atomic mass is 9.98. The molecule has 0 radical (unpaired) electrons. The Morgan fingerprint density at radius 1 is 1.26 bits per heavy atom. The maximum atomic E-state index is 12.3. The van der Waals surface area contributed by atoms with E-state index in [-0.39, 0.29) is 30.0 Å². The summed E-state index contributed by atoms with van der Waals surface area (Å²) in [5, 5.41) is 23.0.